The average molecular weight is 522 g/mol. The largest absolute Gasteiger partial charge is 0.508 e. The van der Waals surface area contributed by atoms with E-state index in [1.165, 1.54) is 12.1 Å². The number of hydrogen-bond acceptors (Lipinski definition) is 7. The van der Waals surface area contributed by atoms with E-state index in [-0.39, 0.29) is 30.4 Å². The number of benzene rings is 1. The van der Waals surface area contributed by atoms with Crippen LogP contribution in [0.15, 0.2) is 24.3 Å². The third kappa shape index (κ3) is 11.6. The van der Waals surface area contributed by atoms with Crippen molar-refractivity contribution >= 4 is 23.7 Å². The number of amides is 3. The smallest absolute Gasteiger partial charge is 0.326 e. The Labute approximate surface area is 218 Å². The molecule has 37 heavy (non-hydrogen) atoms. The van der Waals surface area contributed by atoms with Crippen LogP contribution >= 0.6 is 0 Å². The van der Waals surface area contributed by atoms with Crippen molar-refractivity contribution < 1.29 is 29.4 Å². The van der Waals surface area contributed by atoms with Gasteiger partial charge in [-0.05, 0) is 61.8 Å². The summed E-state index contributed by atoms with van der Waals surface area (Å²) < 4.78 is 0. The predicted molar refractivity (Wildman–Crippen MR) is 140 cm³/mol. The second-order valence-corrected chi connectivity index (χ2v) is 10.1. The number of nitrogens with one attached hydrogen (secondary N) is 3. The fourth-order valence-electron chi connectivity index (χ4n) is 3.65. The highest BCUT2D eigenvalue weighted by Gasteiger charge is 2.31. The van der Waals surface area contributed by atoms with Gasteiger partial charge in [0.1, 0.15) is 23.9 Å². The molecule has 0 aliphatic rings. The molecule has 0 aromatic heterocycles. The molecule has 1 aromatic rings. The first kappa shape index (κ1) is 31.8. The minimum Gasteiger partial charge on any atom is -0.508 e. The van der Waals surface area contributed by atoms with Crippen molar-refractivity contribution in [3.8, 4) is 5.75 Å². The van der Waals surface area contributed by atoms with Gasteiger partial charge < -0.3 is 37.6 Å². The van der Waals surface area contributed by atoms with E-state index in [4.69, 9.17) is 11.5 Å². The number of rotatable bonds is 16. The number of aliphatic carboxylic acids is 1. The summed E-state index contributed by atoms with van der Waals surface area (Å²) in [6.07, 6.45) is 1.71. The highest BCUT2D eigenvalue weighted by molar-refractivity contribution is 5.94. The lowest BCUT2D eigenvalue weighted by Gasteiger charge is -2.26. The maximum absolute atomic E-state index is 13.2. The molecular weight excluding hydrogens is 478 g/mol. The quantitative estimate of drug-likeness (QED) is 0.154. The molecular formula is C26H43N5O6. The van der Waals surface area contributed by atoms with Crippen LogP contribution in [0.5, 0.6) is 5.75 Å². The number of nitrogens with two attached hydrogens (primary N) is 2. The number of phenolic OH excluding ortho intramolecular Hbond substituents is 1. The highest BCUT2D eigenvalue weighted by atomic mass is 16.4. The number of unbranched alkanes of at least 4 members (excludes halogenated alkanes) is 1. The number of carboxylic acid groups (broad SMARTS) is 1. The highest BCUT2D eigenvalue weighted by Crippen LogP contribution is 2.13. The number of hydrogen-bond donors (Lipinski definition) is 7. The number of aromatic hydroxyl groups is 1. The summed E-state index contributed by atoms with van der Waals surface area (Å²) in [4.78, 5) is 50.7. The van der Waals surface area contributed by atoms with Gasteiger partial charge in [0.05, 0.1) is 6.04 Å². The molecule has 3 amide bonds. The van der Waals surface area contributed by atoms with Gasteiger partial charge in [-0.2, -0.15) is 0 Å². The third-order valence-electron chi connectivity index (χ3n) is 5.93. The lowest BCUT2D eigenvalue weighted by atomic mass is 9.99. The van der Waals surface area contributed by atoms with E-state index in [1.54, 1.807) is 26.0 Å². The van der Waals surface area contributed by atoms with Crippen molar-refractivity contribution in [1.29, 1.82) is 0 Å². The van der Waals surface area contributed by atoms with Crippen LogP contribution in [0.3, 0.4) is 0 Å². The topological polar surface area (TPSA) is 197 Å². The van der Waals surface area contributed by atoms with Gasteiger partial charge in [0.15, 0.2) is 0 Å². The minimum atomic E-state index is -1.25. The average Bonchev–Trinajstić information content (AvgIpc) is 2.82. The predicted octanol–water partition coefficient (Wildman–Crippen LogP) is 0.632. The Morgan fingerprint density at radius 3 is 1.89 bits per heavy atom. The van der Waals surface area contributed by atoms with Crippen molar-refractivity contribution in [2.45, 2.75) is 84.0 Å². The van der Waals surface area contributed by atoms with Gasteiger partial charge in [-0.15, -0.1) is 0 Å². The molecule has 11 nitrogen and oxygen atoms in total. The Hall–Kier alpha value is -3.18. The molecule has 1 aromatic carbocycles. The second-order valence-electron chi connectivity index (χ2n) is 10.1. The van der Waals surface area contributed by atoms with Crippen molar-refractivity contribution in [3.63, 3.8) is 0 Å². The normalized spacial score (nSPS) is 14.5. The Morgan fingerprint density at radius 1 is 0.838 bits per heavy atom. The van der Waals surface area contributed by atoms with Crippen molar-refractivity contribution in [1.82, 2.24) is 16.0 Å². The van der Waals surface area contributed by atoms with Gasteiger partial charge in [-0.25, -0.2) is 4.79 Å². The van der Waals surface area contributed by atoms with Gasteiger partial charge in [-0.3, -0.25) is 14.4 Å². The van der Waals surface area contributed by atoms with E-state index in [2.05, 4.69) is 16.0 Å². The molecule has 0 aliphatic carbocycles. The molecule has 0 spiro atoms. The molecule has 0 heterocycles. The fourth-order valence-corrected chi connectivity index (χ4v) is 3.65. The Morgan fingerprint density at radius 2 is 1.38 bits per heavy atom. The maximum Gasteiger partial charge on any atom is 0.326 e. The van der Waals surface area contributed by atoms with Crippen molar-refractivity contribution in [2.75, 3.05) is 6.54 Å². The van der Waals surface area contributed by atoms with Crippen LogP contribution in [0, 0.1) is 11.8 Å². The Kier molecular flexibility index (Phi) is 13.6. The summed E-state index contributed by atoms with van der Waals surface area (Å²) in [6, 6.07) is 2.03. The Balaban J connectivity index is 3.03. The minimum absolute atomic E-state index is 0.00998. The van der Waals surface area contributed by atoms with Gasteiger partial charge in [0.2, 0.25) is 17.7 Å². The van der Waals surface area contributed by atoms with E-state index in [9.17, 15) is 29.4 Å². The molecule has 0 radical (unpaired) electrons. The second kappa shape index (κ2) is 15.8. The van der Waals surface area contributed by atoms with E-state index in [1.807, 2.05) is 13.8 Å². The standard InChI is InChI=1S/C26H43N5O6/c1-15(2)13-20(30-25(35)22(28)16(3)4)24(34)29-19(7-5-6-12-27)23(33)31-21(26(36)37)14-17-8-10-18(32)11-9-17/h8-11,15-16,19-22,32H,5-7,12-14,27-28H2,1-4H3,(H,29,34)(H,30,35)(H,31,33)(H,36,37). The van der Waals surface area contributed by atoms with E-state index >= 15 is 0 Å². The van der Waals surface area contributed by atoms with Crippen molar-refractivity contribution in [3.05, 3.63) is 29.8 Å². The summed E-state index contributed by atoms with van der Waals surface area (Å²) in [7, 11) is 0. The van der Waals surface area contributed by atoms with Crippen LogP contribution in [-0.2, 0) is 25.6 Å². The van der Waals surface area contributed by atoms with Gasteiger partial charge in [0, 0.05) is 6.42 Å². The first-order valence-corrected chi connectivity index (χ1v) is 12.7. The van der Waals surface area contributed by atoms with Gasteiger partial charge in [-0.1, -0.05) is 39.8 Å². The first-order chi connectivity index (χ1) is 17.3. The molecule has 0 saturated heterocycles. The molecule has 4 unspecified atom stereocenters. The summed E-state index contributed by atoms with van der Waals surface area (Å²) in [6.45, 7) is 7.81. The summed E-state index contributed by atoms with van der Waals surface area (Å²) >= 11 is 0. The SMILES string of the molecule is CC(C)CC(NC(=O)C(N)C(C)C)C(=O)NC(CCCCN)C(=O)NC(Cc1ccc(O)cc1)C(=O)O. The molecule has 4 atom stereocenters. The molecule has 208 valence electrons. The van der Waals surface area contributed by atoms with Gasteiger partial charge in [0.25, 0.3) is 0 Å². The van der Waals surface area contributed by atoms with Crippen LogP contribution in [0.2, 0.25) is 0 Å². The van der Waals surface area contributed by atoms with Crippen LogP contribution in [0.25, 0.3) is 0 Å². The molecule has 0 aliphatic heterocycles. The van der Waals surface area contributed by atoms with Crippen LogP contribution in [-0.4, -0.2) is 64.6 Å². The van der Waals surface area contributed by atoms with Crippen LogP contribution in [0.4, 0.5) is 0 Å². The monoisotopic (exact) mass is 521 g/mol. The van der Waals surface area contributed by atoms with E-state index in [0.717, 1.165) is 0 Å². The maximum atomic E-state index is 13.2. The summed E-state index contributed by atoms with van der Waals surface area (Å²) in [5.41, 5.74) is 12.1. The van der Waals surface area contributed by atoms with Crippen molar-refractivity contribution in [2.24, 2.45) is 23.3 Å². The number of phenols is 1. The van der Waals surface area contributed by atoms with Crippen LogP contribution < -0.4 is 27.4 Å². The molecule has 0 fully saturated rings. The van der Waals surface area contributed by atoms with Gasteiger partial charge >= 0.3 is 5.97 Å². The molecule has 9 N–H and O–H groups in total. The number of carbonyl (C=O) groups excluding carboxylic acids is 3. The number of carboxylic acids is 1. The van der Waals surface area contributed by atoms with E-state index in [0.29, 0.717) is 31.4 Å². The molecule has 11 heteroatoms. The Bertz CT molecular complexity index is 890. The zero-order chi connectivity index (χ0) is 28.1. The molecule has 1 rings (SSSR count). The lowest BCUT2D eigenvalue weighted by molar-refractivity contribution is -0.142. The zero-order valence-corrected chi connectivity index (χ0v) is 22.2. The molecule has 0 bridgehead atoms. The van der Waals surface area contributed by atoms with E-state index < -0.39 is 47.9 Å². The summed E-state index contributed by atoms with van der Waals surface area (Å²) in [5.74, 6) is -2.90. The summed E-state index contributed by atoms with van der Waals surface area (Å²) in [5, 5.41) is 27.0. The molecule has 0 saturated carbocycles. The van der Waals surface area contributed by atoms with Crippen LogP contribution in [0.1, 0.15) is 58.9 Å². The fraction of sp³-hybridized carbons (Fsp3) is 0.615. The first-order valence-electron chi connectivity index (χ1n) is 12.7. The lowest BCUT2D eigenvalue weighted by Crippen LogP contribution is -2.58. The number of carbonyl (C=O) groups is 4. The zero-order valence-electron chi connectivity index (χ0n) is 22.2. The third-order valence-corrected chi connectivity index (χ3v) is 5.93.